The zero-order valence-corrected chi connectivity index (χ0v) is 19.1. The van der Waals surface area contributed by atoms with E-state index < -0.39 is 15.7 Å². The number of halogens is 1. The maximum absolute atomic E-state index is 14.4. The van der Waals surface area contributed by atoms with Crippen LogP contribution in [-0.2, 0) is 25.9 Å². The van der Waals surface area contributed by atoms with Gasteiger partial charge in [0.15, 0.2) is 14.6 Å². The van der Waals surface area contributed by atoms with Crippen molar-refractivity contribution in [3.05, 3.63) is 58.6 Å². The van der Waals surface area contributed by atoms with Gasteiger partial charge in [0.25, 0.3) is 0 Å². The van der Waals surface area contributed by atoms with E-state index in [1.54, 1.807) is 41.0 Å². The number of benzene rings is 2. The number of nitrogens with zero attached hydrogens (tertiary/aromatic N) is 2. The lowest BCUT2D eigenvalue weighted by atomic mass is 10.2. The highest BCUT2D eigenvalue weighted by atomic mass is 32.2. The highest BCUT2D eigenvalue weighted by molar-refractivity contribution is 7.91. The average molecular weight is 465 g/mol. The molecule has 1 heterocycles. The molecule has 3 rings (SSSR count). The molecule has 1 aromatic heterocycles. The first kappa shape index (κ1) is 23.3. The molecular formula is C22H25FN2O4S2. The number of hydrogen-bond donors (Lipinski definition) is 0. The van der Waals surface area contributed by atoms with E-state index in [2.05, 4.69) is 4.99 Å². The summed E-state index contributed by atoms with van der Waals surface area (Å²) in [4.78, 5) is 17.2. The molecule has 2 aromatic carbocycles. The molecule has 3 aromatic rings. The fraction of sp³-hybridized carbons (Fsp3) is 0.364. The number of carbonyl (C=O) groups is 1. The van der Waals surface area contributed by atoms with Gasteiger partial charge in [-0.05, 0) is 44.5 Å². The van der Waals surface area contributed by atoms with Crippen molar-refractivity contribution in [1.82, 2.24) is 4.57 Å². The Labute approximate surface area is 184 Å². The average Bonchev–Trinajstić information content (AvgIpc) is 3.06. The molecule has 166 valence electrons. The Bertz CT molecular complexity index is 1230. The largest absolute Gasteiger partial charge is 0.380 e. The Hall–Kier alpha value is -2.36. The normalized spacial score (nSPS) is 12.5. The molecule has 0 aliphatic carbocycles. The number of hydrogen-bond acceptors (Lipinski definition) is 5. The number of ether oxygens (including phenoxy) is 1. The molecule has 0 N–H and O–H groups in total. The van der Waals surface area contributed by atoms with E-state index in [0.29, 0.717) is 34.8 Å². The van der Waals surface area contributed by atoms with Gasteiger partial charge in [0, 0.05) is 19.6 Å². The molecule has 0 unspecified atom stereocenters. The van der Waals surface area contributed by atoms with Gasteiger partial charge in [-0.1, -0.05) is 35.1 Å². The second-order valence-electron chi connectivity index (χ2n) is 7.06. The number of rotatable bonds is 9. The van der Waals surface area contributed by atoms with Gasteiger partial charge in [-0.3, -0.25) is 4.79 Å². The number of aromatic nitrogens is 1. The first-order chi connectivity index (χ1) is 14.8. The Balaban J connectivity index is 1.75. The van der Waals surface area contributed by atoms with Crippen LogP contribution in [0.4, 0.5) is 4.39 Å². The smallest absolute Gasteiger partial charge is 0.248 e. The lowest BCUT2D eigenvalue weighted by molar-refractivity contribution is -0.118. The Morgan fingerprint density at radius 2 is 1.94 bits per heavy atom. The molecule has 9 heteroatoms. The molecule has 6 nitrogen and oxygen atoms in total. The standard InChI is InChI=1S/C22H25FN2O4S2/c1-3-29-14-13-25-21-18(23)6-4-7-19(21)30-22(25)24-20(26)8-5-15-31(27,28)17-11-9-16(2)10-12-17/h4,6-7,9-12H,3,5,8,13-15H2,1-2H3. The van der Waals surface area contributed by atoms with Crippen LogP contribution in [0.3, 0.4) is 0 Å². The fourth-order valence-electron chi connectivity index (χ4n) is 3.12. The minimum Gasteiger partial charge on any atom is -0.380 e. The highest BCUT2D eigenvalue weighted by Crippen LogP contribution is 2.20. The van der Waals surface area contributed by atoms with Crippen molar-refractivity contribution in [1.29, 1.82) is 0 Å². The number of carbonyl (C=O) groups excluding carboxylic acids is 1. The lowest BCUT2D eigenvalue weighted by Crippen LogP contribution is -2.20. The van der Waals surface area contributed by atoms with Gasteiger partial charge in [0.2, 0.25) is 5.91 Å². The molecule has 0 radical (unpaired) electrons. The van der Waals surface area contributed by atoms with Crippen molar-refractivity contribution in [2.24, 2.45) is 4.99 Å². The molecular weight excluding hydrogens is 439 g/mol. The molecule has 0 aliphatic rings. The van der Waals surface area contributed by atoms with Crippen LogP contribution in [0.5, 0.6) is 0 Å². The molecule has 0 saturated carbocycles. The Kier molecular flexibility index (Phi) is 7.74. The summed E-state index contributed by atoms with van der Waals surface area (Å²) in [6.07, 6.45) is 0.157. The zero-order valence-electron chi connectivity index (χ0n) is 17.5. The van der Waals surface area contributed by atoms with Crippen molar-refractivity contribution in [3.63, 3.8) is 0 Å². The third-order valence-electron chi connectivity index (χ3n) is 4.72. The summed E-state index contributed by atoms with van der Waals surface area (Å²) in [5.41, 5.74) is 1.37. The fourth-order valence-corrected chi connectivity index (χ4v) is 5.52. The maximum atomic E-state index is 14.4. The predicted molar refractivity (Wildman–Crippen MR) is 119 cm³/mol. The molecule has 0 spiro atoms. The number of para-hydroxylation sites is 1. The van der Waals surface area contributed by atoms with Gasteiger partial charge in [0.1, 0.15) is 5.82 Å². The van der Waals surface area contributed by atoms with Crippen LogP contribution in [-0.4, -0.2) is 37.9 Å². The summed E-state index contributed by atoms with van der Waals surface area (Å²) in [6, 6.07) is 11.4. The van der Waals surface area contributed by atoms with Gasteiger partial charge in [-0.15, -0.1) is 0 Å². The number of thiazole rings is 1. The second-order valence-corrected chi connectivity index (χ2v) is 10.2. The molecule has 0 fully saturated rings. The zero-order chi connectivity index (χ0) is 22.4. The van der Waals surface area contributed by atoms with Crippen molar-refractivity contribution in [2.45, 2.75) is 38.1 Å². The molecule has 0 saturated heterocycles. The van der Waals surface area contributed by atoms with Crippen LogP contribution in [0.2, 0.25) is 0 Å². The SMILES string of the molecule is CCOCCn1c(=NC(=O)CCCS(=O)(=O)c2ccc(C)cc2)sc2cccc(F)c21. The van der Waals surface area contributed by atoms with Gasteiger partial charge in [-0.2, -0.15) is 4.99 Å². The van der Waals surface area contributed by atoms with E-state index in [-0.39, 0.29) is 29.3 Å². The van der Waals surface area contributed by atoms with E-state index in [1.807, 2.05) is 13.8 Å². The quantitative estimate of drug-likeness (QED) is 0.451. The summed E-state index contributed by atoms with van der Waals surface area (Å²) in [6.45, 7) is 5.02. The summed E-state index contributed by atoms with van der Waals surface area (Å²) in [5.74, 6) is -0.956. The van der Waals surface area contributed by atoms with E-state index in [0.717, 1.165) is 5.56 Å². The first-order valence-corrected chi connectivity index (χ1v) is 12.5. The minimum absolute atomic E-state index is 0.00667. The van der Waals surface area contributed by atoms with Gasteiger partial charge in [-0.25, -0.2) is 12.8 Å². The monoisotopic (exact) mass is 464 g/mol. The first-order valence-electron chi connectivity index (χ1n) is 10.0. The van der Waals surface area contributed by atoms with Crippen LogP contribution in [0, 0.1) is 12.7 Å². The number of aryl methyl sites for hydroxylation is 1. The van der Waals surface area contributed by atoms with E-state index >= 15 is 0 Å². The van der Waals surface area contributed by atoms with Crippen LogP contribution in [0.1, 0.15) is 25.3 Å². The van der Waals surface area contributed by atoms with Crippen molar-refractivity contribution in [3.8, 4) is 0 Å². The lowest BCUT2D eigenvalue weighted by Gasteiger charge is -2.06. The van der Waals surface area contributed by atoms with Crippen LogP contribution >= 0.6 is 11.3 Å². The van der Waals surface area contributed by atoms with Crippen molar-refractivity contribution < 1.29 is 22.3 Å². The number of fused-ring (bicyclic) bond motifs is 1. The number of sulfone groups is 1. The van der Waals surface area contributed by atoms with Crippen LogP contribution < -0.4 is 4.80 Å². The summed E-state index contributed by atoms with van der Waals surface area (Å²) in [7, 11) is -3.46. The van der Waals surface area contributed by atoms with Gasteiger partial charge >= 0.3 is 0 Å². The summed E-state index contributed by atoms with van der Waals surface area (Å²) in [5, 5.41) is 0. The Morgan fingerprint density at radius 3 is 2.65 bits per heavy atom. The van der Waals surface area contributed by atoms with E-state index in [9.17, 15) is 17.6 Å². The molecule has 0 bridgehead atoms. The summed E-state index contributed by atoms with van der Waals surface area (Å²) >= 11 is 1.22. The van der Waals surface area contributed by atoms with Crippen molar-refractivity contribution in [2.75, 3.05) is 19.0 Å². The van der Waals surface area contributed by atoms with E-state index in [4.69, 9.17) is 4.74 Å². The van der Waals surface area contributed by atoms with Gasteiger partial charge in [0.05, 0.1) is 27.5 Å². The summed E-state index contributed by atoms with van der Waals surface area (Å²) < 4.78 is 47.0. The molecule has 0 atom stereocenters. The molecule has 31 heavy (non-hydrogen) atoms. The topological polar surface area (TPSA) is 77.7 Å². The second kappa shape index (κ2) is 10.3. The van der Waals surface area contributed by atoms with E-state index in [1.165, 1.54) is 17.4 Å². The highest BCUT2D eigenvalue weighted by Gasteiger charge is 2.16. The maximum Gasteiger partial charge on any atom is 0.248 e. The predicted octanol–water partition coefficient (Wildman–Crippen LogP) is 3.87. The minimum atomic E-state index is -3.46. The van der Waals surface area contributed by atoms with Crippen LogP contribution in [0.25, 0.3) is 10.2 Å². The number of amides is 1. The molecule has 1 amide bonds. The van der Waals surface area contributed by atoms with Crippen LogP contribution in [0.15, 0.2) is 52.4 Å². The Morgan fingerprint density at radius 1 is 1.19 bits per heavy atom. The molecule has 0 aliphatic heterocycles. The third kappa shape index (κ3) is 5.87. The van der Waals surface area contributed by atoms with Gasteiger partial charge < -0.3 is 9.30 Å². The third-order valence-corrected chi connectivity index (χ3v) is 7.58. The van der Waals surface area contributed by atoms with Crippen molar-refractivity contribution >= 4 is 37.3 Å².